The minimum Gasteiger partial charge on any atom is -0.494 e. The van der Waals surface area contributed by atoms with Gasteiger partial charge in [-0.1, -0.05) is 0 Å². The van der Waals surface area contributed by atoms with Crippen molar-refractivity contribution in [2.75, 3.05) is 32.2 Å². The molecule has 0 atom stereocenters. The van der Waals surface area contributed by atoms with Crippen molar-refractivity contribution in [2.24, 2.45) is 4.99 Å². The molecule has 0 bridgehead atoms. The maximum atomic E-state index is 14.3. The number of hydrogen-bond acceptors (Lipinski definition) is 4. The topological polar surface area (TPSA) is 60.9 Å². The number of likely N-dealkylation sites (N-methyl/N-ethyl adjacent to an activating group) is 1. The van der Waals surface area contributed by atoms with Crippen molar-refractivity contribution in [3.8, 4) is 5.88 Å². The number of aromatic amines is 1. The van der Waals surface area contributed by atoms with Gasteiger partial charge in [0.15, 0.2) is 5.88 Å². The summed E-state index contributed by atoms with van der Waals surface area (Å²) in [7, 11) is 3.37. The van der Waals surface area contributed by atoms with Crippen LogP contribution in [-0.4, -0.2) is 43.6 Å². The third-order valence-electron chi connectivity index (χ3n) is 4.10. The molecular formula is C19H19F2N3O2. The quantitative estimate of drug-likeness (QED) is 0.655. The molecule has 3 aromatic rings. The van der Waals surface area contributed by atoms with E-state index in [1.807, 2.05) is 0 Å². The molecule has 0 fully saturated rings. The Labute approximate surface area is 149 Å². The van der Waals surface area contributed by atoms with Gasteiger partial charge in [0.1, 0.15) is 11.6 Å². The standard InChI is InChI=1S/C19H19F2N3O2/c1-24(7-8-26-2)18-6-4-13(10-16(18)21)22-11-15-14-9-12(20)3-5-17(14)23-19(15)25/h3-6,9-11,23,25H,7-8H2,1-2H3. The molecule has 3 rings (SSSR count). The summed E-state index contributed by atoms with van der Waals surface area (Å²) in [6.45, 7) is 1.05. The number of aliphatic imine (C=N–C) groups is 1. The zero-order valence-electron chi connectivity index (χ0n) is 14.5. The Hall–Kier alpha value is -2.93. The highest BCUT2D eigenvalue weighted by atomic mass is 19.1. The summed E-state index contributed by atoms with van der Waals surface area (Å²) in [6.07, 6.45) is 1.39. The molecule has 2 N–H and O–H groups in total. The van der Waals surface area contributed by atoms with Gasteiger partial charge in [-0.3, -0.25) is 4.99 Å². The van der Waals surface area contributed by atoms with Crippen LogP contribution < -0.4 is 4.90 Å². The van der Waals surface area contributed by atoms with Crippen molar-refractivity contribution in [1.82, 2.24) is 4.98 Å². The molecule has 0 amide bonds. The fraction of sp³-hybridized carbons (Fsp3) is 0.211. The number of fused-ring (bicyclic) bond motifs is 1. The van der Waals surface area contributed by atoms with E-state index in [2.05, 4.69) is 9.98 Å². The van der Waals surface area contributed by atoms with Crippen LogP contribution >= 0.6 is 0 Å². The largest absolute Gasteiger partial charge is 0.494 e. The van der Waals surface area contributed by atoms with Crippen LogP contribution in [0.4, 0.5) is 20.2 Å². The van der Waals surface area contributed by atoms with Crippen LogP contribution in [0.3, 0.4) is 0 Å². The zero-order chi connectivity index (χ0) is 18.7. The van der Waals surface area contributed by atoms with E-state index in [1.54, 1.807) is 31.2 Å². The number of hydrogen-bond donors (Lipinski definition) is 2. The minimum absolute atomic E-state index is 0.120. The number of anilines is 1. The lowest BCUT2D eigenvalue weighted by molar-refractivity contribution is 0.206. The van der Waals surface area contributed by atoms with Crippen molar-refractivity contribution in [1.29, 1.82) is 0 Å². The molecule has 0 saturated carbocycles. The summed E-state index contributed by atoms with van der Waals surface area (Å²) in [5.74, 6) is -0.946. The lowest BCUT2D eigenvalue weighted by atomic mass is 10.2. The molecule has 0 aliphatic carbocycles. The van der Waals surface area contributed by atoms with Crippen LogP contribution in [0.25, 0.3) is 10.9 Å². The SMILES string of the molecule is COCCN(C)c1ccc(N=Cc2c(O)[nH]c3ccc(F)cc23)cc1F. The van der Waals surface area contributed by atoms with Gasteiger partial charge in [0, 0.05) is 43.9 Å². The Balaban J connectivity index is 1.86. The van der Waals surface area contributed by atoms with Crippen molar-refractivity contribution in [3.05, 3.63) is 53.6 Å². The molecule has 0 aliphatic heterocycles. The number of methoxy groups -OCH3 is 1. The van der Waals surface area contributed by atoms with Crippen LogP contribution in [0.1, 0.15) is 5.56 Å². The fourth-order valence-corrected chi connectivity index (χ4v) is 2.67. The lowest BCUT2D eigenvalue weighted by Gasteiger charge is -2.19. The minimum atomic E-state index is -0.416. The van der Waals surface area contributed by atoms with E-state index in [9.17, 15) is 13.9 Å². The Morgan fingerprint density at radius 3 is 2.77 bits per heavy atom. The molecule has 0 saturated heterocycles. The van der Waals surface area contributed by atoms with Crippen molar-refractivity contribution in [3.63, 3.8) is 0 Å². The first-order chi connectivity index (χ1) is 12.5. The van der Waals surface area contributed by atoms with E-state index in [4.69, 9.17) is 4.74 Å². The van der Waals surface area contributed by atoms with Gasteiger partial charge in [-0.25, -0.2) is 8.78 Å². The summed E-state index contributed by atoms with van der Waals surface area (Å²) < 4.78 is 32.8. The number of nitrogens with one attached hydrogen (secondary N) is 1. The monoisotopic (exact) mass is 359 g/mol. The Kier molecular flexibility index (Phi) is 5.18. The van der Waals surface area contributed by atoms with E-state index in [-0.39, 0.29) is 5.88 Å². The Bertz CT molecular complexity index is 953. The molecule has 5 nitrogen and oxygen atoms in total. The molecule has 0 radical (unpaired) electrons. The number of aromatic nitrogens is 1. The van der Waals surface area contributed by atoms with Gasteiger partial charge in [-0.15, -0.1) is 0 Å². The molecule has 136 valence electrons. The fourth-order valence-electron chi connectivity index (χ4n) is 2.67. The first-order valence-electron chi connectivity index (χ1n) is 8.03. The van der Waals surface area contributed by atoms with Gasteiger partial charge in [-0.05, 0) is 30.3 Å². The number of benzene rings is 2. The van der Waals surface area contributed by atoms with Crippen molar-refractivity contribution < 1.29 is 18.6 Å². The van der Waals surface area contributed by atoms with E-state index in [0.29, 0.717) is 41.0 Å². The Morgan fingerprint density at radius 2 is 2.04 bits per heavy atom. The van der Waals surface area contributed by atoms with Gasteiger partial charge in [-0.2, -0.15) is 0 Å². The van der Waals surface area contributed by atoms with E-state index in [0.717, 1.165) is 0 Å². The van der Waals surface area contributed by atoms with E-state index < -0.39 is 11.6 Å². The Morgan fingerprint density at radius 1 is 1.23 bits per heavy atom. The summed E-state index contributed by atoms with van der Waals surface area (Å²) in [5, 5.41) is 10.5. The zero-order valence-corrected chi connectivity index (χ0v) is 14.5. The van der Waals surface area contributed by atoms with E-state index >= 15 is 0 Å². The molecule has 0 spiro atoms. The highest BCUT2D eigenvalue weighted by Crippen LogP contribution is 2.28. The highest BCUT2D eigenvalue weighted by Gasteiger charge is 2.11. The van der Waals surface area contributed by atoms with Crippen molar-refractivity contribution in [2.45, 2.75) is 0 Å². The van der Waals surface area contributed by atoms with Gasteiger partial charge in [0.05, 0.1) is 23.5 Å². The highest BCUT2D eigenvalue weighted by molar-refractivity contribution is 6.02. The lowest BCUT2D eigenvalue weighted by Crippen LogP contribution is -2.22. The number of ether oxygens (including phenoxy) is 1. The molecule has 0 unspecified atom stereocenters. The summed E-state index contributed by atoms with van der Waals surface area (Å²) in [6, 6.07) is 8.75. The third kappa shape index (κ3) is 3.67. The predicted molar refractivity (Wildman–Crippen MR) is 98.7 cm³/mol. The van der Waals surface area contributed by atoms with Crippen LogP contribution in [0.2, 0.25) is 0 Å². The summed E-state index contributed by atoms with van der Waals surface area (Å²) in [5.41, 5.74) is 1.77. The molecule has 26 heavy (non-hydrogen) atoms. The molecule has 2 aromatic carbocycles. The van der Waals surface area contributed by atoms with Gasteiger partial charge in [0.25, 0.3) is 0 Å². The van der Waals surface area contributed by atoms with Crippen LogP contribution in [0.5, 0.6) is 5.88 Å². The number of halogens is 2. The second-order valence-corrected chi connectivity index (χ2v) is 5.89. The maximum absolute atomic E-state index is 14.3. The van der Waals surface area contributed by atoms with Crippen molar-refractivity contribution >= 4 is 28.5 Å². The maximum Gasteiger partial charge on any atom is 0.198 e. The van der Waals surface area contributed by atoms with Gasteiger partial charge >= 0.3 is 0 Å². The second kappa shape index (κ2) is 7.53. The first-order valence-corrected chi connectivity index (χ1v) is 8.03. The summed E-state index contributed by atoms with van der Waals surface area (Å²) in [4.78, 5) is 8.70. The normalized spacial score (nSPS) is 11.5. The molecule has 0 aliphatic rings. The number of rotatable bonds is 6. The molecule has 7 heteroatoms. The molecule has 1 aromatic heterocycles. The summed E-state index contributed by atoms with van der Waals surface area (Å²) >= 11 is 0. The smallest absolute Gasteiger partial charge is 0.198 e. The third-order valence-corrected chi connectivity index (χ3v) is 4.10. The van der Waals surface area contributed by atoms with Crippen LogP contribution in [0, 0.1) is 11.6 Å². The molecule has 1 heterocycles. The first kappa shape index (κ1) is 17.9. The average molecular weight is 359 g/mol. The van der Waals surface area contributed by atoms with Gasteiger partial charge in [0.2, 0.25) is 0 Å². The number of aromatic hydroxyl groups is 1. The predicted octanol–water partition coefficient (Wildman–Crippen LogP) is 3.98. The number of nitrogens with zero attached hydrogens (tertiary/aromatic N) is 2. The number of H-pyrrole nitrogens is 1. The van der Waals surface area contributed by atoms with Crippen LogP contribution in [0.15, 0.2) is 41.4 Å². The molecular weight excluding hydrogens is 340 g/mol. The average Bonchev–Trinajstić information content (AvgIpc) is 2.92. The van der Waals surface area contributed by atoms with E-state index in [1.165, 1.54) is 30.5 Å². The second-order valence-electron chi connectivity index (χ2n) is 5.89. The van der Waals surface area contributed by atoms with Gasteiger partial charge < -0.3 is 19.7 Å². The van der Waals surface area contributed by atoms with Crippen LogP contribution in [-0.2, 0) is 4.74 Å².